The molecule has 0 aliphatic carbocycles. The number of nitrogens with zero attached hydrogens (tertiary/aromatic N) is 1. The van der Waals surface area contributed by atoms with Crippen LogP contribution in [-0.4, -0.2) is 35.0 Å². The third-order valence-electron chi connectivity index (χ3n) is 4.72. The first-order valence-electron chi connectivity index (χ1n) is 9.08. The molecule has 0 spiro atoms. The molecule has 0 bridgehead atoms. The number of halogens is 1. The third kappa shape index (κ3) is 6.43. The van der Waals surface area contributed by atoms with Gasteiger partial charge in [0.25, 0.3) is 0 Å². The van der Waals surface area contributed by atoms with Crippen LogP contribution < -0.4 is 5.73 Å². The Hall–Kier alpha value is -2.27. The Morgan fingerprint density at radius 3 is 2.59 bits per heavy atom. The molecule has 0 aromatic heterocycles. The number of benzene rings is 1. The number of hydrogen-bond donors (Lipinski definition) is 2. The number of amides is 1. The van der Waals surface area contributed by atoms with Crippen LogP contribution in [0, 0.1) is 5.92 Å². The van der Waals surface area contributed by atoms with Gasteiger partial charge < -0.3 is 15.7 Å². The zero-order valence-corrected chi connectivity index (χ0v) is 17.0. The van der Waals surface area contributed by atoms with Crippen LogP contribution in [0.5, 0.6) is 0 Å². The monoisotopic (exact) mass is 392 g/mol. The molecule has 3 N–H and O–H groups in total. The van der Waals surface area contributed by atoms with Crippen LogP contribution in [0.15, 0.2) is 24.8 Å². The molecule has 0 fully saturated rings. The number of hydrogen-bond acceptors (Lipinski definition) is 3. The van der Waals surface area contributed by atoms with Crippen LogP contribution >= 0.6 is 11.6 Å². The van der Waals surface area contributed by atoms with Crippen LogP contribution in [0.3, 0.4) is 0 Å². The largest absolute Gasteiger partial charge is 0.480 e. The number of nitrogens with two attached hydrogens (primary N) is 1. The molecule has 5 nitrogen and oxygen atoms in total. The van der Waals surface area contributed by atoms with Crippen LogP contribution in [0.25, 0.3) is 11.8 Å². The van der Waals surface area contributed by atoms with Gasteiger partial charge in [-0.3, -0.25) is 4.79 Å². The van der Waals surface area contributed by atoms with Crippen molar-refractivity contribution in [2.45, 2.75) is 46.1 Å². The van der Waals surface area contributed by atoms with E-state index in [1.807, 2.05) is 25.1 Å². The molecule has 0 saturated heterocycles. The summed E-state index contributed by atoms with van der Waals surface area (Å²) in [5.41, 5.74) is 8.38. The number of carbonyl (C=O) groups excluding carboxylic acids is 1. The van der Waals surface area contributed by atoms with Gasteiger partial charge in [-0.1, -0.05) is 50.6 Å². The van der Waals surface area contributed by atoms with Crippen LogP contribution in [0.4, 0.5) is 0 Å². The number of carboxylic acid groups (broad SMARTS) is 1. The van der Waals surface area contributed by atoms with Gasteiger partial charge in [-0.2, -0.15) is 0 Å². The van der Waals surface area contributed by atoms with Gasteiger partial charge in [0.05, 0.1) is 0 Å². The first-order chi connectivity index (χ1) is 12.7. The van der Waals surface area contributed by atoms with Crippen molar-refractivity contribution >= 4 is 35.8 Å². The first kappa shape index (κ1) is 22.8. The highest BCUT2D eigenvalue weighted by Gasteiger charge is 2.26. The smallest absolute Gasteiger partial charge is 0.326 e. The maximum Gasteiger partial charge on any atom is 0.326 e. The number of carboxylic acids is 1. The molecule has 0 radical (unpaired) electrons. The molecule has 0 heterocycles. The van der Waals surface area contributed by atoms with E-state index in [0.29, 0.717) is 40.7 Å². The van der Waals surface area contributed by atoms with Crippen molar-refractivity contribution in [2.24, 2.45) is 11.7 Å². The molecule has 1 aromatic carbocycles. The van der Waals surface area contributed by atoms with E-state index >= 15 is 0 Å². The molecule has 0 aliphatic heterocycles. The minimum absolute atomic E-state index is 0.120. The lowest BCUT2D eigenvalue weighted by Gasteiger charge is -2.26. The van der Waals surface area contributed by atoms with Crippen molar-refractivity contribution in [3.63, 3.8) is 0 Å². The summed E-state index contributed by atoms with van der Waals surface area (Å²) in [6, 6.07) is 2.52. The normalized spacial score (nSPS) is 13.3. The Labute approximate surface area is 166 Å². The summed E-state index contributed by atoms with van der Waals surface area (Å²) in [4.78, 5) is 24.7. The fourth-order valence-electron chi connectivity index (χ4n) is 2.80. The summed E-state index contributed by atoms with van der Waals surface area (Å²) in [5, 5.41) is 10.1. The van der Waals surface area contributed by atoms with Crippen molar-refractivity contribution in [1.29, 1.82) is 0 Å². The molecular formula is C21H29ClN2O3. The number of carbonyl (C=O) groups is 2. The van der Waals surface area contributed by atoms with E-state index in [4.69, 9.17) is 17.3 Å². The highest BCUT2D eigenvalue weighted by Crippen LogP contribution is 2.27. The van der Waals surface area contributed by atoms with Crippen molar-refractivity contribution in [3.8, 4) is 0 Å². The Morgan fingerprint density at radius 1 is 1.44 bits per heavy atom. The van der Waals surface area contributed by atoms with Gasteiger partial charge in [-0.05, 0) is 42.5 Å². The summed E-state index contributed by atoms with van der Waals surface area (Å²) in [6.07, 6.45) is 6.19. The Kier molecular flexibility index (Phi) is 9.09. The van der Waals surface area contributed by atoms with E-state index in [-0.39, 0.29) is 6.42 Å². The Morgan fingerprint density at radius 2 is 2.11 bits per heavy atom. The summed E-state index contributed by atoms with van der Waals surface area (Å²) < 4.78 is 0. The predicted molar refractivity (Wildman–Crippen MR) is 111 cm³/mol. The molecule has 2 atom stereocenters. The van der Waals surface area contributed by atoms with Crippen molar-refractivity contribution in [2.75, 3.05) is 6.54 Å². The lowest BCUT2D eigenvalue weighted by atomic mass is 9.96. The molecule has 148 valence electrons. The van der Waals surface area contributed by atoms with E-state index in [1.165, 1.54) is 4.90 Å². The lowest BCUT2D eigenvalue weighted by Crippen LogP contribution is -2.43. The average Bonchev–Trinajstić information content (AvgIpc) is 2.62. The number of rotatable bonds is 11. The van der Waals surface area contributed by atoms with E-state index in [9.17, 15) is 14.7 Å². The fraction of sp³-hybridized carbons (Fsp3) is 0.429. The maximum absolute atomic E-state index is 11.8. The summed E-state index contributed by atoms with van der Waals surface area (Å²) in [5.74, 6) is -0.635. The quantitative estimate of drug-likeness (QED) is 0.553. The first-order valence-corrected chi connectivity index (χ1v) is 9.46. The molecular weight excluding hydrogens is 364 g/mol. The van der Waals surface area contributed by atoms with Crippen LogP contribution in [-0.2, 0) is 16.0 Å². The van der Waals surface area contributed by atoms with Crippen LogP contribution in [0.1, 0.15) is 50.3 Å². The molecule has 6 heteroatoms. The molecule has 1 aromatic rings. The highest BCUT2D eigenvalue weighted by atomic mass is 35.5. The number of allylic oxidation sites excluding steroid dienone is 1. The SMILES string of the molecule is C=C(N)c1cc(Cl)c(CC(C(=O)O)N(C=O)CCC(C)CC)cc1/C=C\C. The summed E-state index contributed by atoms with van der Waals surface area (Å²) >= 11 is 6.37. The lowest BCUT2D eigenvalue weighted by molar-refractivity contribution is -0.146. The summed E-state index contributed by atoms with van der Waals surface area (Å²) in [7, 11) is 0. The van der Waals surface area contributed by atoms with Gasteiger partial charge in [-0.15, -0.1) is 0 Å². The third-order valence-corrected chi connectivity index (χ3v) is 5.07. The summed E-state index contributed by atoms with van der Waals surface area (Å²) in [6.45, 7) is 10.2. The van der Waals surface area contributed by atoms with Gasteiger partial charge >= 0.3 is 5.97 Å². The second-order valence-corrected chi connectivity index (χ2v) is 7.17. The van der Waals surface area contributed by atoms with Gasteiger partial charge in [0, 0.05) is 29.2 Å². The zero-order valence-electron chi connectivity index (χ0n) is 16.2. The maximum atomic E-state index is 11.8. The van der Waals surface area contributed by atoms with Gasteiger partial charge in [-0.25, -0.2) is 4.79 Å². The molecule has 0 saturated carbocycles. The van der Waals surface area contributed by atoms with E-state index in [1.54, 1.807) is 6.07 Å². The Balaban J connectivity index is 3.18. The molecule has 27 heavy (non-hydrogen) atoms. The van der Waals surface area contributed by atoms with E-state index in [0.717, 1.165) is 18.4 Å². The highest BCUT2D eigenvalue weighted by molar-refractivity contribution is 6.31. The minimum Gasteiger partial charge on any atom is -0.480 e. The molecule has 2 unspecified atom stereocenters. The molecule has 0 aliphatic rings. The van der Waals surface area contributed by atoms with Crippen molar-refractivity contribution in [3.05, 3.63) is 46.5 Å². The van der Waals surface area contributed by atoms with E-state index < -0.39 is 12.0 Å². The van der Waals surface area contributed by atoms with Crippen molar-refractivity contribution in [1.82, 2.24) is 4.90 Å². The average molecular weight is 393 g/mol. The minimum atomic E-state index is -1.05. The van der Waals surface area contributed by atoms with Crippen molar-refractivity contribution < 1.29 is 14.7 Å². The standard InChI is InChI=1S/C21H29ClN2O3/c1-5-7-16-10-17(19(22)12-18(16)15(4)23)11-20(21(26)27)24(13-25)9-8-14(3)6-2/h5,7,10,12-14,20H,4,6,8-9,11,23H2,1-3H3,(H,26,27)/b7-5-. The second kappa shape index (κ2) is 10.8. The predicted octanol–water partition coefficient (Wildman–Crippen LogP) is 4.19. The molecule has 1 rings (SSSR count). The zero-order chi connectivity index (χ0) is 20.6. The number of aliphatic carboxylic acids is 1. The molecule has 1 amide bonds. The topological polar surface area (TPSA) is 83.6 Å². The van der Waals surface area contributed by atoms with Gasteiger partial charge in [0.1, 0.15) is 6.04 Å². The fourth-order valence-corrected chi connectivity index (χ4v) is 3.04. The van der Waals surface area contributed by atoms with Gasteiger partial charge in [0.2, 0.25) is 6.41 Å². The second-order valence-electron chi connectivity index (χ2n) is 6.76. The van der Waals surface area contributed by atoms with E-state index in [2.05, 4.69) is 20.4 Å². The van der Waals surface area contributed by atoms with Gasteiger partial charge in [0.15, 0.2) is 0 Å². The Bertz CT molecular complexity index is 716. The van der Waals surface area contributed by atoms with Crippen LogP contribution in [0.2, 0.25) is 5.02 Å².